The fourth-order valence-corrected chi connectivity index (χ4v) is 1.55. The lowest BCUT2D eigenvalue weighted by atomic mass is 10.1. The number of nitrogens with zero attached hydrogens (tertiary/aromatic N) is 1. The largest absolute Gasteiger partial charge is 0.427 e. The van der Waals surface area contributed by atoms with Crippen LogP contribution in [0.1, 0.15) is 17.3 Å². The van der Waals surface area contributed by atoms with E-state index >= 15 is 0 Å². The van der Waals surface area contributed by atoms with E-state index in [2.05, 4.69) is 20.7 Å². The standard InChI is InChI=1S/C10H8BrF2NO4/c1-5(15)9(11)6-2-3-7(14(16)17)8(4-6)18-10(12)13/h2-4,9-10H,1H3. The van der Waals surface area contributed by atoms with E-state index in [1.165, 1.54) is 13.0 Å². The third-order valence-electron chi connectivity index (χ3n) is 2.05. The molecule has 0 aliphatic rings. The summed E-state index contributed by atoms with van der Waals surface area (Å²) in [6, 6.07) is 3.37. The van der Waals surface area contributed by atoms with Gasteiger partial charge in [0.25, 0.3) is 0 Å². The smallest absolute Gasteiger partial charge is 0.387 e. The highest BCUT2D eigenvalue weighted by molar-refractivity contribution is 9.09. The number of ketones is 1. The molecular weight excluding hydrogens is 316 g/mol. The second-order valence-electron chi connectivity index (χ2n) is 3.34. The number of carbonyl (C=O) groups excluding carboxylic acids is 1. The second-order valence-corrected chi connectivity index (χ2v) is 4.25. The van der Waals surface area contributed by atoms with Crippen LogP contribution in [0.2, 0.25) is 0 Å². The average molecular weight is 324 g/mol. The van der Waals surface area contributed by atoms with Crippen molar-refractivity contribution >= 4 is 27.4 Å². The molecule has 0 fully saturated rings. The molecule has 8 heteroatoms. The van der Waals surface area contributed by atoms with E-state index in [0.717, 1.165) is 12.1 Å². The van der Waals surface area contributed by atoms with Gasteiger partial charge in [0.05, 0.1) is 9.75 Å². The fourth-order valence-electron chi connectivity index (χ4n) is 1.26. The predicted molar refractivity (Wildman–Crippen MR) is 62.1 cm³/mol. The van der Waals surface area contributed by atoms with Crippen molar-refractivity contribution in [1.29, 1.82) is 0 Å². The molecule has 1 atom stereocenters. The Morgan fingerprint density at radius 3 is 2.56 bits per heavy atom. The van der Waals surface area contributed by atoms with Crippen LogP contribution >= 0.6 is 15.9 Å². The van der Waals surface area contributed by atoms with Crippen molar-refractivity contribution in [2.45, 2.75) is 18.4 Å². The van der Waals surface area contributed by atoms with Gasteiger partial charge >= 0.3 is 12.3 Å². The summed E-state index contributed by atoms with van der Waals surface area (Å²) < 4.78 is 28.3. The Morgan fingerprint density at radius 1 is 1.50 bits per heavy atom. The maximum Gasteiger partial charge on any atom is 0.387 e. The van der Waals surface area contributed by atoms with Gasteiger partial charge in [-0.05, 0) is 18.6 Å². The lowest BCUT2D eigenvalue weighted by molar-refractivity contribution is -0.386. The molecule has 98 valence electrons. The monoisotopic (exact) mass is 323 g/mol. The number of Topliss-reactive ketones (excluding diaryl/α,β-unsaturated/α-hetero) is 1. The summed E-state index contributed by atoms with van der Waals surface area (Å²) in [7, 11) is 0. The Morgan fingerprint density at radius 2 is 2.11 bits per heavy atom. The first-order chi connectivity index (χ1) is 8.32. The molecule has 5 nitrogen and oxygen atoms in total. The normalized spacial score (nSPS) is 12.3. The molecule has 1 aromatic rings. The van der Waals surface area contributed by atoms with E-state index in [0.29, 0.717) is 5.56 Å². The van der Waals surface area contributed by atoms with Crippen LogP contribution in [0.25, 0.3) is 0 Å². The molecule has 0 aromatic heterocycles. The third kappa shape index (κ3) is 3.46. The van der Waals surface area contributed by atoms with Gasteiger partial charge < -0.3 is 4.74 Å². The van der Waals surface area contributed by atoms with Gasteiger partial charge in [0, 0.05) is 6.07 Å². The van der Waals surface area contributed by atoms with Crippen molar-refractivity contribution in [1.82, 2.24) is 0 Å². The predicted octanol–water partition coefficient (Wildman–Crippen LogP) is 3.22. The van der Waals surface area contributed by atoms with Crippen LogP contribution in [-0.4, -0.2) is 17.3 Å². The number of benzene rings is 1. The van der Waals surface area contributed by atoms with Gasteiger partial charge in [0.15, 0.2) is 0 Å². The zero-order chi connectivity index (χ0) is 13.9. The number of nitro benzene ring substituents is 1. The summed E-state index contributed by atoms with van der Waals surface area (Å²) in [5, 5.41) is 10.6. The number of nitro groups is 1. The molecule has 1 rings (SSSR count). The number of halogens is 3. The summed E-state index contributed by atoms with van der Waals surface area (Å²) in [5.74, 6) is -0.829. The lowest BCUT2D eigenvalue weighted by Gasteiger charge is -2.10. The van der Waals surface area contributed by atoms with Gasteiger partial charge in [-0.25, -0.2) is 0 Å². The molecule has 0 saturated carbocycles. The number of ether oxygens (including phenoxy) is 1. The van der Waals surface area contributed by atoms with Crippen molar-refractivity contribution in [3.63, 3.8) is 0 Å². The van der Waals surface area contributed by atoms with Crippen LogP contribution in [0, 0.1) is 10.1 Å². The maximum atomic E-state index is 12.1. The number of rotatable bonds is 5. The van der Waals surface area contributed by atoms with E-state index in [9.17, 15) is 23.7 Å². The minimum Gasteiger partial charge on any atom is -0.427 e. The summed E-state index contributed by atoms with van der Waals surface area (Å²) >= 11 is 3.05. The number of alkyl halides is 3. The molecule has 0 heterocycles. The Kier molecular flexibility index (Phi) is 4.71. The third-order valence-corrected chi connectivity index (χ3v) is 3.22. The highest BCUT2D eigenvalue weighted by atomic mass is 79.9. The summed E-state index contributed by atoms with van der Waals surface area (Å²) in [6.07, 6.45) is 0. The van der Waals surface area contributed by atoms with Crippen LogP contribution in [0.3, 0.4) is 0 Å². The zero-order valence-electron chi connectivity index (χ0n) is 9.10. The van der Waals surface area contributed by atoms with E-state index in [-0.39, 0.29) is 5.78 Å². The van der Waals surface area contributed by atoms with Gasteiger partial charge in [-0.2, -0.15) is 8.78 Å². The molecule has 0 spiro atoms. The summed E-state index contributed by atoms with van der Waals surface area (Å²) in [5.41, 5.74) is -0.272. The van der Waals surface area contributed by atoms with E-state index in [1.807, 2.05) is 0 Å². The molecule has 0 radical (unpaired) electrons. The van der Waals surface area contributed by atoms with Crippen molar-refractivity contribution in [2.24, 2.45) is 0 Å². The molecular formula is C10H8BrF2NO4. The molecule has 0 aliphatic carbocycles. The number of carbonyl (C=O) groups is 1. The van der Waals surface area contributed by atoms with Crippen LogP contribution in [0.4, 0.5) is 14.5 Å². The second kappa shape index (κ2) is 5.85. The van der Waals surface area contributed by atoms with Gasteiger partial charge in [-0.15, -0.1) is 0 Å². The highest BCUT2D eigenvalue weighted by Crippen LogP contribution is 2.34. The van der Waals surface area contributed by atoms with Crippen molar-refractivity contribution in [3.8, 4) is 5.75 Å². The molecule has 0 aliphatic heterocycles. The van der Waals surface area contributed by atoms with Crippen molar-refractivity contribution < 1.29 is 23.2 Å². The van der Waals surface area contributed by atoms with Gasteiger partial charge in [-0.1, -0.05) is 22.0 Å². The fraction of sp³-hybridized carbons (Fsp3) is 0.300. The summed E-state index contributed by atoms with van der Waals surface area (Å²) in [4.78, 5) is 20.2. The first-order valence-electron chi connectivity index (χ1n) is 4.70. The van der Waals surface area contributed by atoms with Crippen LogP contribution in [-0.2, 0) is 4.79 Å². The van der Waals surface area contributed by atoms with Gasteiger partial charge in [0.2, 0.25) is 5.75 Å². The Labute approximate surface area is 109 Å². The van der Waals surface area contributed by atoms with Crippen molar-refractivity contribution in [2.75, 3.05) is 0 Å². The maximum absolute atomic E-state index is 12.1. The highest BCUT2D eigenvalue weighted by Gasteiger charge is 2.22. The number of hydrogen-bond acceptors (Lipinski definition) is 4. The minimum atomic E-state index is -3.18. The average Bonchev–Trinajstić information content (AvgIpc) is 2.26. The van der Waals surface area contributed by atoms with E-state index in [1.54, 1.807) is 0 Å². The molecule has 0 saturated heterocycles. The molecule has 0 bridgehead atoms. The van der Waals surface area contributed by atoms with E-state index < -0.39 is 27.8 Å². The minimum absolute atomic E-state index is 0.258. The topological polar surface area (TPSA) is 69.4 Å². The first kappa shape index (κ1) is 14.5. The van der Waals surface area contributed by atoms with E-state index in [4.69, 9.17) is 0 Å². The molecule has 1 aromatic carbocycles. The first-order valence-corrected chi connectivity index (χ1v) is 5.62. The quantitative estimate of drug-likeness (QED) is 0.474. The van der Waals surface area contributed by atoms with Crippen LogP contribution in [0.5, 0.6) is 5.75 Å². The molecule has 1 unspecified atom stereocenters. The molecule has 0 N–H and O–H groups in total. The number of hydrogen-bond donors (Lipinski definition) is 0. The Balaban J connectivity index is 3.20. The molecule has 18 heavy (non-hydrogen) atoms. The SMILES string of the molecule is CC(=O)C(Br)c1ccc([N+](=O)[O-])c(OC(F)F)c1. The Hall–Kier alpha value is -1.57. The van der Waals surface area contributed by atoms with Crippen molar-refractivity contribution in [3.05, 3.63) is 33.9 Å². The Bertz CT molecular complexity index is 481. The summed E-state index contributed by atoms with van der Waals surface area (Å²) in [6.45, 7) is -1.88. The van der Waals surface area contributed by atoms with Gasteiger partial charge in [-0.3, -0.25) is 14.9 Å². The zero-order valence-corrected chi connectivity index (χ0v) is 10.7. The van der Waals surface area contributed by atoms with Gasteiger partial charge in [0.1, 0.15) is 5.78 Å². The van der Waals surface area contributed by atoms with Crippen LogP contribution in [0.15, 0.2) is 18.2 Å². The van der Waals surface area contributed by atoms with Crippen LogP contribution < -0.4 is 4.74 Å². The molecule has 0 amide bonds. The lowest BCUT2D eigenvalue weighted by Crippen LogP contribution is -2.07.